The number of esters is 2. The van der Waals surface area contributed by atoms with Gasteiger partial charge >= 0.3 is 11.9 Å². The molecule has 2 N–H and O–H groups in total. The molecule has 214 valence electrons. The van der Waals surface area contributed by atoms with Crippen molar-refractivity contribution < 1.29 is 33.4 Å². The summed E-state index contributed by atoms with van der Waals surface area (Å²) < 4.78 is 15.0. The molecule has 0 aliphatic carbocycles. The third kappa shape index (κ3) is 12.4. The molecule has 0 heterocycles. The van der Waals surface area contributed by atoms with Gasteiger partial charge in [-0.3, -0.25) is 9.59 Å². The number of benzene rings is 1. The number of amides is 2. The molecule has 1 aromatic carbocycles. The summed E-state index contributed by atoms with van der Waals surface area (Å²) in [6, 6.07) is 5.60. The lowest BCUT2D eigenvalue weighted by atomic mass is 9.89. The zero-order chi connectivity index (χ0) is 28.9. The van der Waals surface area contributed by atoms with Gasteiger partial charge in [-0.2, -0.15) is 0 Å². The molecule has 1 rings (SSSR count). The van der Waals surface area contributed by atoms with Gasteiger partial charge in [-0.15, -0.1) is 0 Å². The monoisotopic (exact) mass is 570 g/mol. The third-order valence-electron chi connectivity index (χ3n) is 5.41. The van der Waals surface area contributed by atoms with Gasteiger partial charge in [0.2, 0.25) is 11.8 Å². The molecule has 0 saturated carbocycles. The van der Waals surface area contributed by atoms with Crippen LogP contribution in [0.15, 0.2) is 24.3 Å². The molecule has 3 atom stereocenters. The Morgan fingerprint density at radius 3 is 1.76 bits per heavy atom. The van der Waals surface area contributed by atoms with Crippen molar-refractivity contribution in [1.82, 2.24) is 10.6 Å². The van der Waals surface area contributed by atoms with Crippen LogP contribution in [0.3, 0.4) is 0 Å². The van der Waals surface area contributed by atoms with E-state index in [1.54, 1.807) is 19.2 Å². The van der Waals surface area contributed by atoms with Crippen molar-refractivity contribution in [2.24, 2.45) is 11.3 Å². The molecule has 0 aliphatic rings. The van der Waals surface area contributed by atoms with E-state index in [-0.39, 0.29) is 41.1 Å². The van der Waals surface area contributed by atoms with Crippen LogP contribution in [0.1, 0.15) is 58.9 Å². The molecule has 9 nitrogen and oxygen atoms in total. The second-order valence-electron chi connectivity index (χ2n) is 10.5. The van der Waals surface area contributed by atoms with Crippen LogP contribution in [-0.4, -0.2) is 68.7 Å². The van der Waals surface area contributed by atoms with E-state index < -0.39 is 29.9 Å². The fraction of sp³-hybridized carbons (Fsp3) is 0.630. The quantitative estimate of drug-likeness (QED) is 0.183. The number of nitrogens with one attached hydrogen (secondary N) is 2. The SMILES string of the molecule is COC(=O)[C@H](CSSC[C@H](NC(=O)[C@H](CC(C)C)c1ccc(OC)cc1)C(=O)OC)NC(=O)CC(C)(C)C. The zero-order valence-corrected chi connectivity index (χ0v) is 25.3. The van der Waals surface area contributed by atoms with Gasteiger partial charge in [-0.25, -0.2) is 9.59 Å². The number of methoxy groups -OCH3 is 3. The molecule has 2 amide bonds. The summed E-state index contributed by atoms with van der Waals surface area (Å²) in [6.07, 6.45) is 0.865. The summed E-state index contributed by atoms with van der Waals surface area (Å²) in [7, 11) is 6.71. The Bertz CT molecular complexity index is 917. The molecule has 0 bridgehead atoms. The minimum absolute atomic E-state index is 0.212. The molecule has 0 saturated heterocycles. The van der Waals surface area contributed by atoms with Crippen molar-refractivity contribution in [3.8, 4) is 5.75 Å². The van der Waals surface area contributed by atoms with Crippen LogP contribution >= 0.6 is 21.6 Å². The highest BCUT2D eigenvalue weighted by Crippen LogP contribution is 2.28. The van der Waals surface area contributed by atoms with Gasteiger partial charge in [-0.05, 0) is 35.4 Å². The molecule has 0 unspecified atom stereocenters. The van der Waals surface area contributed by atoms with Gasteiger partial charge in [0.1, 0.15) is 17.8 Å². The number of carbonyl (C=O) groups is 4. The highest BCUT2D eigenvalue weighted by Gasteiger charge is 2.29. The van der Waals surface area contributed by atoms with Crippen LogP contribution in [0.2, 0.25) is 0 Å². The van der Waals surface area contributed by atoms with Gasteiger partial charge < -0.3 is 24.8 Å². The summed E-state index contributed by atoms with van der Waals surface area (Å²) in [5.74, 6) is -0.689. The van der Waals surface area contributed by atoms with Crippen LogP contribution in [0, 0.1) is 11.3 Å². The first-order chi connectivity index (χ1) is 17.8. The van der Waals surface area contributed by atoms with Crippen LogP contribution in [-0.2, 0) is 28.7 Å². The molecule has 0 spiro atoms. The molecule has 0 fully saturated rings. The number of hydrogen-bond donors (Lipinski definition) is 2. The lowest BCUT2D eigenvalue weighted by Crippen LogP contribution is -2.45. The molecule has 1 aromatic rings. The minimum atomic E-state index is -0.884. The fourth-order valence-corrected chi connectivity index (χ4v) is 5.85. The number of ether oxygens (including phenoxy) is 3. The second-order valence-corrected chi connectivity index (χ2v) is 13.0. The number of hydrogen-bond acceptors (Lipinski definition) is 9. The van der Waals surface area contributed by atoms with Gasteiger partial charge in [0.25, 0.3) is 0 Å². The van der Waals surface area contributed by atoms with Crippen LogP contribution in [0.4, 0.5) is 0 Å². The van der Waals surface area contributed by atoms with E-state index in [1.807, 2.05) is 46.8 Å². The first kappa shape index (κ1) is 33.6. The van der Waals surface area contributed by atoms with Gasteiger partial charge in [0, 0.05) is 17.9 Å². The van der Waals surface area contributed by atoms with E-state index in [9.17, 15) is 19.2 Å². The first-order valence-electron chi connectivity index (χ1n) is 12.4. The van der Waals surface area contributed by atoms with E-state index in [2.05, 4.69) is 10.6 Å². The molecule has 0 aliphatic heterocycles. The van der Waals surface area contributed by atoms with Crippen molar-refractivity contribution in [3.05, 3.63) is 29.8 Å². The van der Waals surface area contributed by atoms with E-state index in [1.165, 1.54) is 35.8 Å². The summed E-state index contributed by atoms with van der Waals surface area (Å²) >= 11 is 0. The summed E-state index contributed by atoms with van der Waals surface area (Å²) in [5, 5.41) is 5.56. The van der Waals surface area contributed by atoms with E-state index in [0.29, 0.717) is 12.2 Å². The Morgan fingerprint density at radius 2 is 1.34 bits per heavy atom. The molecular weight excluding hydrogens is 528 g/mol. The van der Waals surface area contributed by atoms with Crippen LogP contribution < -0.4 is 15.4 Å². The maximum atomic E-state index is 13.3. The number of rotatable bonds is 15. The second kappa shape index (κ2) is 16.5. The van der Waals surface area contributed by atoms with E-state index >= 15 is 0 Å². The van der Waals surface area contributed by atoms with Crippen molar-refractivity contribution in [3.63, 3.8) is 0 Å². The van der Waals surface area contributed by atoms with Crippen LogP contribution in [0.5, 0.6) is 5.75 Å². The maximum absolute atomic E-state index is 13.3. The highest BCUT2D eigenvalue weighted by molar-refractivity contribution is 8.76. The topological polar surface area (TPSA) is 120 Å². The Labute approximate surface area is 234 Å². The lowest BCUT2D eigenvalue weighted by Gasteiger charge is -2.23. The van der Waals surface area contributed by atoms with Gasteiger partial charge in [0.15, 0.2) is 0 Å². The Kier molecular flexibility index (Phi) is 14.6. The van der Waals surface area contributed by atoms with Crippen molar-refractivity contribution in [2.75, 3.05) is 32.8 Å². The Hall–Kier alpha value is -2.40. The standard InChI is InChI=1S/C27H42N2O7S2/c1-17(2)13-20(18-9-11-19(34-6)12-10-18)24(31)29-22(26(33)36-8)16-38-37-15-21(25(32)35-7)28-23(30)14-27(3,4)5/h9-12,17,20-22H,13-16H2,1-8H3,(H,28,30)(H,29,31)/t20-,21+,22+/m1/s1. The molecule has 0 radical (unpaired) electrons. The predicted molar refractivity (Wildman–Crippen MR) is 152 cm³/mol. The average Bonchev–Trinajstić information content (AvgIpc) is 2.86. The van der Waals surface area contributed by atoms with Gasteiger partial charge in [-0.1, -0.05) is 68.3 Å². The Morgan fingerprint density at radius 1 is 0.842 bits per heavy atom. The van der Waals surface area contributed by atoms with Crippen molar-refractivity contribution >= 4 is 45.3 Å². The normalized spacial score (nSPS) is 13.7. The Balaban J connectivity index is 2.84. The molecular formula is C27H42N2O7S2. The number of carbonyl (C=O) groups excluding carboxylic acids is 4. The highest BCUT2D eigenvalue weighted by atomic mass is 33.1. The maximum Gasteiger partial charge on any atom is 0.329 e. The minimum Gasteiger partial charge on any atom is -0.497 e. The summed E-state index contributed by atoms with van der Waals surface area (Å²) in [6.45, 7) is 9.88. The van der Waals surface area contributed by atoms with Crippen LogP contribution in [0.25, 0.3) is 0 Å². The van der Waals surface area contributed by atoms with Gasteiger partial charge in [0.05, 0.1) is 27.2 Å². The molecule has 0 aromatic heterocycles. The average molecular weight is 571 g/mol. The smallest absolute Gasteiger partial charge is 0.329 e. The first-order valence-corrected chi connectivity index (χ1v) is 14.9. The third-order valence-corrected chi connectivity index (χ3v) is 7.83. The largest absolute Gasteiger partial charge is 0.497 e. The molecule has 38 heavy (non-hydrogen) atoms. The lowest BCUT2D eigenvalue weighted by molar-refractivity contribution is -0.144. The zero-order valence-electron chi connectivity index (χ0n) is 23.6. The van der Waals surface area contributed by atoms with E-state index in [4.69, 9.17) is 14.2 Å². The fourth-order valence-electron chi connectivity index (χ4n) is 3.56. The van der Waals surface area contributed by atoms with Crippen molar-refractivity contribution in [2.45, 2.75) is 65.5 Å². The summed E-state index contributed by atoms with van der Waals surface area (Å²) in [4.78, 5) is 50.3. The predicted octanol–water partition coefficient (Wildman–Crippen LogP) is 3.96. The van der Waals surface area contributed by atoms with Crippen molar-refractivity contribution in [1.29, 1.82) is 0 Å². The molecule has 11 heteroatoms. The van der Waals surface area contributed by atoms with E-state index in [0.717, 1.165) is 5.56 Å². The summed E-state index contributed by atoms with van der Waals surface area (Å²) in [5.41, 5.74) is 0.604.